The molecule has 2 aromatic rings. The van der Waals surface area contributed by atoms with Gasteiger partial charge in [-0.3, -0.25) is 4.98 Å². The normalized spacial score (nSPS) is 21.4. The number of hydrogen-bond donors (Lipinski definition) is 1. The molecule has 1 aromatic heterocycles. The average Bonchev–Trinajstić information content (AvgIpc) is 3.23. The van der Waals surface area contributed by atoms with E-state index in [4.69, 9.17) is 0 Å². The first kappa shape index (κ1) is 20.3. The van der Waals surface area contributed by atoms with Gasteiger partial charge in [-0.05, 0) is 62.9 Å². The number of nitrogens with zero attached hydrogens (tertiary/aromatic N) is 3. The van der Waals surface area contributed by atoms with Crippen molar-refractivity contribution >= 4 is 21.6 Å². The van der Waals surface area contributed by atoms with Crippen LogP contribution >= 0.6 is 0 Å². The molecule has 0 bridgehead atoms. The lowest BCUT2D eigenvalue weighted by molar-refractivity contribution is 0.290. The molecule has 1 N–H and O–H groups in total. The number of halogens is 1. The minimum Gasteiger partial charge on any atom is -0.355 e. The van der Waals surface area contributed by atoms with E-state index in [1.165, 1.54) is 12.1 Å². The second-order valence-corrected chi connectivity index (χ2v) is 9.80. The van der Waals surface area contributed by atoms with Crippen LogP contribution in [-0.2, 0) is 10.2 Å². The molecule has 2 fully saturated rings. The van der Waals surface area contributed by atoms with Gasteiger partial charge in [-0.2, -0.15) is 17.0 Å². The lowest BCUT2D eigenvalue weighted by Crippen LogP contribution is -2.46. The molecule has 29 heavy (non-hydrogen) atoms. The summed E-state index contributed by atoms with van der Waals surface area (Å²) in [6, 6.07) is 10.2. The van der Waals surface area contributed by atoms with Gasteiger partial charge in [-0.25, -0.2) is 4.39 Å². The molecule has 0 radical (unpaired) electrons. The quantitative estimate of drug-likeness (QED) is 0.802. The van der Waals surface area contributed by atoms with E-state index in [0.717, 1.165) is 42.8 Å². The first-order valence-electron chi connectivity index (χ1n) is 10.2. The maximum absolute atomic E-state index is 13.5. The topological polar surface area (TPSA) is 65.5 Å². The monoisotopic (exact) mass is 418 g/mol. The second kappa shape index (κ2) is 8.38. The van der Waals surface area contributed by atoms with Gasteiger partial charge in [0.1, 0.15) is 5.82 Å². The van der Waals surface area contributed by atoms with Gasteiger partial charge < -0.3 is 5.32 Å². The van der Waals surface area contributed by atoms with E-state index in [9.17, 15) is 12.8 Å². The van der Waals surface area contributed by atoms with Crippen LogP contribution in [-0.4, -0.2) is 48.2 Å². The number of aryl methyl sites for hydroxylation is 1. The van der Waals surface area contributed by atoms with Crippen LogP contribution in [0.1, 0.15) is 43.0 Å². The molecular weight excluding hydrogens is 391 g/mol. The van der Waals surface area contributed by atoms with Gasteiger partial charge in [0, 0.05) is 54.9 Å². The molecule has 156 valence electrons. The minimum atomic E-state index is -3.39. The van der Waals surface area contributed by atoms with Crippen LogP contribution in [0.15, 0.2) is 36.4 Å². The Morgan fingerprint density at radius 1 is 1.03 bits per heavy atom. The van der Waals surface area contributed by atoms with Crippen LogP contribution in [0.2, 0.25) is 0 Å². The molecule has 0 aliphatic carbocycles. The van der Waals surface area contributed by atoms with Crippen molar-refractivity contribution in [2.45, 2.75) is 38.5 Å². The SMILES string of the molecule is Cc1cc(Nc2cccc(F)c2)cc([C@@H]2CCCN(S(=O)(=O)N3CCCC3)C2)n1. The van der Waals surface area contributed by atoms with Crippen LogP contribution in [0.4, 0.5) is 15.8 Å². The predicted octanol–water partition coefficient (Wildman–Crippen LogP) is 3.79. The van der Waals surface area contributed by atoms with E-state index < -0.39 is 10.2 Å². The molecular formula is C21H27FN4O2S. The van der Waals surface area contributed by atoms with Crippen molar-refractivity contribution in [3.8, 4) is 0 Å². The Morgan fingerprint density at radius 2 is 1.79 bits per heavy atom. The Kier molecular flexibility index (Phi) is 5.85. The highest BCUT2D eigenvalue weighted by Gasteiger charge is 2.35. The van der Waals surface area contributed by atoms with Gasteiger partial charge >= 0.3 is 0 Å². The zero-order chi connectivity index (χ0) is 20.4. The van der Waals surface area contributed by atoms with Gasteiger partial charge in [0.15, 0.2) is 0 Å². The molecule has 1 aromatic carbocycles. The Morgan fingerprint density at radius 3 is 2.55 bits per heavy atom. The molecule has 3 heterocycles. The maximum atomic E-state index is 13.5. The highest BCUT2D eigenvalue weighted by atomic mass is 32.2. The summed E-state index contributed by atoms with van der Waals surface area (Å²) in [5.74, 6) is -0.245. The first-order chi connectivity index (χ1) is 13.9. The summed E-state index contributed by atoms with van der Waals surface area (Å²) in [7, 11) is -3.39. The van der Waals surface area contributed by atoms with Crippen LogP contribution in [0.5, 0.6) is 0 Å². The summed E-state index contributed by atoms with van der Waals surface area (Å²) >= 11 is 0. The number of pyridine rings is 1. The molecule has 2 aliphatic heterocycles. The average molecular weight is 419 g/mol. The smallest absolute Gasteiger partial charge is 0.281 e. The van der Waals surface area contributed by atoms with Crippen LogP contribution in [0.3, 0.4) is 0 Å². The van der Waals surface area contributed by atoms with E-state index >= 15 is 0 Å². The van der Waals surface area contributed by atoms with Crippen molar-refractivity contribution in [2.24, 2.45) is 0 Å². The Balaban J connectivity index is 1.53. The molecule has 2 aliphatic rings. The van der Waals surface area contributed by atoms with E-state index in [0.29, 0.717) is 31.9 Å². The number of piperidine rings is 1. The third-order valence-corrected chi connectivity index (χ3v) is 7.61. The Hall–Kier alpha value is -2.03. The zero-order valence-electron chi connectivity index (χ0n) is 16.6. The lowest BCUT2D eigenvalue weighted by atomic mass is 9.95. The van der Waals surface area contributed by atoms with Gasteiger partial charge in [-0.15, -0.1) is 0 Å². The standard InChI is InChI=1S/C21H27FN4O2S/c1-16-12-20(24-19-8-4-7-18(22)13-19)14-21(23-16)17-6-5-11-26(15-17)29(27,28)25-9-2-3-10-25/h4,7-8,12-14,17H,2-3,5-6,9-11,15H2,1H3,(H,23,24)/t17-/m1/s1. The third kappa shape index (κ3) is 4.60. The molecule has 1 atom stereocenters. The summed E-state index contributed by atoms with van der Waals surface area (Å²) in [5.41, 5.74) is 3.23. The van der Waals surface area contributed by atoms with Crippen molar-refractivity contribution < 1.29 is 12.8 Å². The van der Waals surface area contributed by atoms with Gasteiger partial charge in [0.05, 0.1) is 0 Å². The van der Waals surface area contributed by atoms with E-state index in [2.05, 4.69) is 10.3 Å². The molecule has 6 nitrogen and oxygen atoms in total. The third-order valence-electron chi connectivity index (χ3n) is 5.61. The van der Waals surface area contributed by atoms with Crippen LogP contribution in [0, 0.1) is 12.7 Å². The van der Waals surface area contributed by atoms with Crippen molar-refractivity contribution in [1.82, 2.24) is 13.6 Å². The largest absolute Gasteiger partial charge is 0.355 e. The number of nitrogens with one attached hydrogen (secondary N) is 1. The van der Waals surface area contributed by atoms with Crippen LogP contribution in [0.25, 0.3) is 0 Å². The van der Waals surface area contributed by atoms with Gasteiger partial charge in [0.25, 0.3) is 10.2 Å². The number of hydrogen-bond acceptors (Lipinski definition) is 4. The van der Waals surface area contributed by atoms with Gasteiger partial charge in [0.2, 0.25) is 0 Å². The maximum Gasteiger partial charge on any atom is 0.281 e. The predicted molar refractivity (Wildman–Crippen MR) is 112 cm³/mol. The number of benzene rings is 1. The summed E-state index contributed by atoms with van der Waals surface area (Å²) < 4.78 is 42.6. The summed E-state index contributed by atoms with van der Waals surface area (Å²) in [6.07, 6.45) is 3.60. The molecule has 8 heteroatoms. The van der Waals surface area contributed by atoms with E-state index in [1.807, 2.05) is 25.1 Å². The Labute approximate surface area is 171 Å². The van der Waals surface area contributed by atoms with Crippen molar-refractivity contribution in [3.05, 3.63) is 53.6 Å². The fraction of sp³-hybridized carbons (Fsp3) is 0.476. The fourth-order valence-electron chi connectivity index (χ4n) is 4.18. The molecule has 4 rings (SSSR count). The summed E-state index contributed by atoms with van der Waals surface area (Å²) in [5, 5.41) is 3.23. The van der Waals surface area contributed by atoms with Crippen molar-refractivity contribution in [2.75, 3.05) is 31.5 Å². The zero-order valence-corrected chi connectivity index (χ0v) is 17.5. The number of anilines is 2. The molecule has 0 spiro atoms. The fourth-order valence-corrected chi connectivity index (χ4v) is 5.96. The Bertz CT molecular complexity index is 976. The summed E-state index contributed by atoms with van der Waals surface area (Å²) in [4.78, 5) is 4.68. The highest BCUT2D eigenvalue weighted by molar-refractivity contribution is 7.86. The molecule has 2 saturated heterocycles. The summed E-state index contributed by atoms with van der Waals surface area (Å²) in [6.45, 7) is 4.17. The number of rotatable bonds is 5. The van der Waals surface area contributed by atoms with Crippen LogP contribution < -0.4 is 5.32 Å². The minimum absolute atomic E-state index is 0.0501. The van der Waals surface area contributed by atoms with Gasteiger partial charge in [-0.1, -0.05) is 6.07 Å². The van der Waals surface area contributed by atoms with Crippen molar-refractivity contribution in [3.63, 3.8) is 0 Å². The molecule has 0 amide bonds. The number of aromatic nitrogens is 1. The first-order valence-corrected chi connectivity index (χ1v) is 11.6. The molecule has 0 saturated carbocycles. The van der Waals surface area contributed by atoms with E-state index in [1.54, 1.807) is 14.7 Å². The van der Waals surface area contributed by atoms with Crippen molar-refractivity contribution in [1.29, 1.82) is 0 Å². The second-order valence-electron chi connectivity index (χ2n) is 7.87. The molecule has 0 unspecified atom stereocenters. The van der Waals surface area contributed by atoms with E-state index in [-0.39, 0.29) is 11.7 Å². The highest BCUT2D eigenvalue weighted by Crippen LogP contribution is 2.31. The lowest BCUT2D eigenvalue weighted by Gasteiger charge is -2.34.